The van der Waals surface area contributed by atoms with Crippen molar-refractivity contribution in [3.8, 4) is 0 Å². The van der Waals surface area contributed by atoms with Crippen LogP contribution in [0.25, 0.3) is 0 Å². The van der Waals surface area contributed by atoms with Crippen LogP contribution in [-0.4, -0.2) is 55.5 Å². The highest BCUT2D eigenvalue weighted by atomic mass is 16.5. The summed E-state index contributed by atoms with van der Waals surface area (Å²) in [6.07, 6.45) is 2.37. The number of ether oxygens (including phenoxy) is 1. The predicted molar refractivity (Wildman–Crippen MR) is 85.3 cm³/mol. The van der Waals surface area contributed by atoms with Crippen molar-refractivity contribution in [1.82, 2.24) is 4.90 Å². The van der Waals surface area contributed by atoms with Crippen molar-refractivity contribution in [3.63, 3.8) is 0 Å². The first-order chi connectivity index (χ1) is 10.2. The Bertz CT molecular complexity index is 405. The molecule has 1 unspecified atom stereocenters. The second-order valence-corrected chi connectivity index (χ2v) is 6.20. The molecule has 0 radical (unpaired) electrons. The summed E-state index contributed by atoms with van der Waals surface area (Å²) < 4.78 is 5.62. The first-order valence-corrected chi connectivity index (χ1v) is 7.88. The molecular weight excluding hydrogens is 264 g/mol. The van der Waals surface area contributed by atoms with E-state index < -0.39 is 0 Å². The van der Waals surface area contributed by atoms with Crippen LogP contribution in [0, 0.1) is 0 Å². The smallest absolute Gasteiger partial charge is 0.0701 e. The number of aliphatic hydroxyl groups excluding tert-OH is 1. The van der Waals surface area contributed by atoms with E-state index in [1.54, 1.807) is 0 Å². The minimum atomic E-state index is 0.0000519. The maximum Gasteiger partial charge on any atom is 0.0701 e. The van der Waals surface area contributed by atoms with Crippen molar-refractivity contribution in [1.29, 1.82) is 0 Å². The number of piperidine rings is 1. The largest absolute Gasteiger partial charge is 0.394 e. The monoisotopic (exact) mass is 292 g/mol. The number of likely N-dealkylation sites (tertiary alicyclic amines) is 1. The van der Waals surface area contributed by atoms with Gasteiger partial charge in [0.1, 0.15) is 0 Å². The van der Waals surface area contributed by atoms with Gasteiger partial charge in [-0.1, -0.05) is 37.3 Å². The molecule has 2 rings (SSSR count). The van der Waals surface area contributed by atoms with Crippen LogP contribution in [0.15, 0.2) is 30.3 Å². The standard InChI is InChI=1S/C17H28N2O2/c1-17(13-18,15-5-3-2-4-6-15)14-19-9-7-16(8-10-19)21-12-11-20/h2-6,16,20H,7-14,18H2,1H3. The minimum absolute atomic E-state index is 0.0000519. The summed E-state index contributed by atoms with van der Waals surface area (Å²) in [7, 11) is 0. The fraction of sp³-hybridized carbons (Fsp3) is 0.647. The van der Waals surface area contributed by atoms with Gasteiger partial charge < -0.3 is 20.5 Å². The highest BCUT2D eigenvalue weighted by Crippen LogP contribution is 2.25. The second-order valence-electron chi connectivity index (χ2n) is 6.20. The van der Waals surface area contributed by atoms with E-state index in [4.69, 9.17) is 15.6 Å². The molecule has 1 aliphatic rings. The van der Waals surface area contributed by atoms with E-state index in [0.717, 1.165) is 32.5 Å². The lowest BCUT2D eigenvalue weighted by atomic mass is 9.81. The van der Waals surface area contributed by atoms with Crippen LogP contribution in [0.5, 0.6) is 0 Å². The third kappa shape index (κ3) is 4.51. The molecule has 1 aromatic rings. The van der Waals surface area contributed by atoms with Crippen LogP contribution in [0.4, 0.5) is 0 Å². The van der Waals surface area contributed by atoms with Crippen LogP contribution in [0.3, 0.4) is 0 Å². The fourth-order valence-corrected chi connectivity index (χ4v) is 3.06. The molecule has 0 aliphatic carbocycles. The molecule has 1 aromatic carbocycles. The Hall–Kier alpha value is -0.940. The molecule has 21 heavy (non-hydrogen) atoms. The number of hydrogen-bond donors (Lipinski definition) is 2. The van der Waals surface area contributed by atoms with Crippen LogP contribution >= 0.6 is 0 Å². The second kappa shape index (κ2) is 7.90. The van der Waals surface area contributed by atoms with Gasteiger partial charge in [-0.2, -0.15) is 0 Å². The van der Waals surface area contributed by atoms with E-state index in [0.29, 0.717) is 19.3 Å². The third-order valence-corrected chi connectivity index (χ3v) is 4.47. The Balaban J connectivity index is 1.89. The molecule has 1 aliphatic heterocycles. The Morgan fingerprint density at radius 1 is 1.29 bits per heavy atom. The number of nitrogens with zero attached hydrogens (tertiary/aromatic N) is 1. The SMILES string of the molecule is CC(CN)(CN1CCC(OCCO)CC1)c1ccccc1. The fourth-order valence-electron chi connectivity index (χ4n) is 3.06. The zero-order valence-electron chi connectivity index (χ0n) is 13.0. The third-order valence-electron chi connectivity index (χ3n) is 4.47. The van der Waals surface area contributed by atoms with E-state index in [1.165, 1.54) is 5.56 Å². The highest BCUT2D eigenvalue weighted by Gasteiger charge is 2.29. The Morgan fingerprint density at radius 3 is 2.52 bits per heavy atom. The summed E-state index contributed by atoms with van der Waals surface area (Å²) in [5.74, 6) is 0. The highest BCUT2D eigenvalue weighted by molar-refractivity contribution is 5.25. The first-order valence-electron chi connectivity index (χ1n) is 7.88. The maximum absolute atomic E-state index is 8.81. The average molecular weight is 292 g/mol. The zero-order chi connectivity index (χ0) is 15.1. The van der Waals surface area contributed by atoms with Crippen molar-refractivity contribution >= 4 is 0 Å². The lowest BCUT2D eigenvalue weighted by molar-refractivity contribution is -0.0105. The van der Waals surface area contributed by atoms with E-state index >= 15 is 0 Å². The van der Waals surface area contributed by atoms with Gasteiger partial charge in [-0.3, -0.25) is 0 Å². The molecule has 1 atom stereocenters. The Kier molecular flexibility index (Phi) is 6.18. The molecule has 0 bridgehead atoms. The minimum Gasteiger partial charge on any atom is -0.394 e. The van der Waals surface area contributed by atoms with Crippen LogP contribution in [0.2, 0.25) is 0 Å². The van der Waals surface area contributed by atoms with Crippen LogP contribution in [-0.2, 0) is 10.2 Å². The van der Waals surface area contributed by atoms with Crippen molar-refractivity contribution in [2.24, 2.45) is 5.73 Å². The Morgan fingerprint density at radius 2 is 1.95 bits per heavy atom. The van der Waals surface area contributed by atoms with E-state index in [2.05, 4.69) is 36.1 Å². The number of nitrogens with two attached hydrogens (primary N) is 1. The number of rotatable bonds is 7. The molecule has 1 heterocycles. The van der Waals surface area contributed by atoms with E-state index in [1.807, 2.05) is 6.07 Å². The summed E-state index contributed by atoms with van der Waals surface area (Å²) >= 11 is 0. The molecular formula is C17H28N2O2. The number of hydrogen-bond acceptors (Lipinski definition) is 4. The van der Waals surface area contributed by atoms with Crippen molar-refractivity contribution in [2.45, 2.75) is 31.3 Å². The van der Waals surface area contributed by atoms with Gasteiger partial charge in [0, 0.05) is 31.6 Å². The molecule has 4 heteroatoms. The maximum atomic E-state index is 8.81. The average Bonchev–Trinajstić information content (AvgIpc) is 2.55. The van der Waals surface area contributed by atoms with Gasteiger partial charge in [-0.15, -0.1) is 0 Å². The lowest BCUT2D eigenvalue weighted by Crippen LogP contribution is -2.47. The lowest BCUT2D eigenvalue weighted by Gasteiger charge is -2.38. The quantitative estimate of drug-likeness (QED) is 0.797. The van der Waals surface area contributed by atoms with Gasteiger partial charge in [0.25, 0.3) is 0 Å². The Labute approximate surface area is 127 Å². The summed E-state index contributed by atoms with van der Waals surface area (Å²) in [6, 6.07) is 10.6. The van der Waals surface area contributed by atoms with E-state index in [9.17, 15) is 0 Å². The van der Waals surface area contributed by atoms with Crippen molar-refractivity contribution in [2.75, 3.05) is 39.4 Å². The molecule has 0 aromatic heterocycles. The van der Waals surface area contributed by atoms with E-state index in [-0.39, 0.29) is 12.0 Å². The number of aliphatic hydroxyl groups is 1. The van der Waals surface area contributed by atoms with Gasteiger partial charge in [0.05, 0.1) is 19.3 Å². The summed E-state index contributed by atoms with van der Waals surface area (Å²) in [4.78, 5) is 2.48. The van der Waals surface area contributed by atoms with Gasteiger partial charge in [0.2, 0.25) is 0 Å². The molecule has 0 saturated carbocycles. The van der Waals surface area contributed by atoms with Gasteiger partial charge in [-0.25, -0.2) is 0 Å². The van der Waals surface area contributed by atoms with Crippen molar-refractivity contribution in [3.05, 3.63) is 35.9 Å². The normalized spacial score (nSPS) is 20.3. The molecule has 1 saturated heterocycles. The molecule has 3 N–H and O–H groups in total. The molecule has 0 spiro atoms. The summed E-state index contributed by atoms with van der Waals surface area (Å²) in [5, 5.41) is 8.81. The van der Waals surface area contributed by atoms with Crippen LogP contribution in [0.1, 0.15) is 25.3 Å². The first kappa shape index (κ1) is 16.4. The van der Waals surface area contributed by atoms with Crippen LogP contribution < -0.4 is 5.73 Å². The molecule has 118 valence electrons. The van der Waals surface area contributed by atoms with Gasteiger partial charge in [-0.05, 0) is 18.4 Å². The summed E-state index contributed by atoms with van der Waals surface area (Å²) in [5.41, 5.74) is 7.38. The molecule has 0 amide bonds. The summed E-state index contributed by atoms with van der Waals surface area (Å²) in [6.45, 7) is 6.53. The predicted octanol–water partition coefficient (Wildman–Crippen LogP) is 1.38. The molecule has 1 fully saturated rings. The number of benzene rings is 1. The van der Waals surface area contributed by atoms with Crippen molar-refractivity contribution < 1.29 is 9.84 Å². The van der Waals surface area contributed by atoms with Gasteiger partial charge in [0.15, 0.2) is 0 Å². The molecule has 4 nitrogen and oxygen atoms in total. The topological polar surface area (TPSA) is 58.7 Å². The zero-order valence-corrected chi connectivity index (χ0v) is 13.0. The van der Waals surface area contributed by atoms with Gasteiger partial charge >= 0.3 is 0 Å².